The zero-order valence-corrected chi connectivity index (χ0v) is 10.5. The molecule has 0 spiro atoms. The van der Waals surface area contributed by atoms with Crippen LogP contribution in [0, 0.1) is 0 Å². The second-order valence-electron chi connectivity index (χ2n) is 4.29. The number of phenols is 1. The molecule has 0 aliphatic rings. The molecule has 1 aromatic carbocycles. The van der Waals surface area contributed by atoms with Crippen molar-refractivity contribution < 1.29 is 5.11 Å². The van der Waals surface area contributed by atoms with Gasteiger partial charge in [-0.05, 0) is 35.7 Å². The highest BCUT2D eigenvalue weighted by Gasteiger charge is 2.08. The molecule has 1 heterocycles. The Bertz CT molecular complexity index is 468. The second kappa shape index (κ2) is 6.17. The Hall–Kier alpha value is -1.87. The predicted octanol–water partition coefficient (Wildman–Crippen LogP) is 3.03. The standard InChI is InChI=1S/C15H18N2O/c1-2-15(13-5-7-14(18)8-6-13)17-11-12-4-3-9-16-10-12/h3-10,15,17-18H,2,11H2,1H3. The van der Waals surface area contributed by atoms with Gasteiger partial charge in [-0.1, -0.05) is 25.1 Å². The van der Waals surface area contributed by atoms with E-state index in [4.69, 9.17) is 0 Å². The van der Waals surface area contributed by atoms with Crippen LogP contribution in [-0.4, -0.2) is 10.1 Å². The molecule has 1 aromatic heterocycles. The van der Waals surface area contributed by atoms with Gasteiger partial charge in [0.1, 0.15) is 5.75 Å². The SMILES string of the molecule is CCC(NCc1cccnc1)c1ccc(O)cc1. The van der Waals surface area contributed by atoms with E-state index >= 15 is 0 Å². The largest absolute Gasteiger partial charge is 0.508 e. The maximum absolute atomic E-state index is 9.29. The maximum Gasteiger partial charge on any atom is 0.115 e. The van der Waals surface area contributed by atoms with Crippen molar-refractivity contribution in [3.8, 4) is 5.75 Å². The molecule has 3 nitrogen and oxygen atoms in total. The van der Waals surface area contributed by atoms with E-state index in [2.05, 4.69) is 23.3 Å². The minimum atomic E-state index is 0.297. The zero-order chi connectivity index (χ0) is 12.8. The summed E-state index contributed by atoms with van der Waals surface area (Å²) >= 11 is 0. The molecule has 0 amide bonds. The summed E-state index contributed by atoms with van der Waals surface area (Å²) in [4.78, 5) is 4.10. The smallest absolute Gasteiger partial charge is 0.115 e. The van der Waals surface area contributed by atoms with Crippen molar-refractivity contribution in [1.82, 2.24) is 10.3 Å². The maximum atomic E-state index is 9.29. The summed E-state index contributed by atoms with van der Waals surface area (Å²) in [5, 5.41) is 12.8. The molecule has 0 saturated carbocycles. The van der Waals surface area contributed by atoms with E-state index in [9.17, 15) is 5.11 Å². The van der Waals surface area contributed by atoms with Crippen LogP contribution in [0.25, 0.3) is 0 Å². The molecule has 18 heavy (non-hydrogen) atoms. The van der Waals surface area contributed by atoms with Gasteiger partial charge in [0.2, 0.25) is 0 Å². The molecule has 0 fully saturated rings. The Morgan fingerprint density at radius 1 is 1.22 bits per heavy atom. The summed E-state index contributed by atoms with van der Waals surface area (Å²) in [5.41, 5.74) is 2.37. The third kappa shape index (κ3) is 3.31. The second-order valence-corrected chi connectivity index (χ2v) is 4.29. The molecule has 0 aliphatic carbocycles. The quantitative estimate of drug-likeness (QED) is 0.847. The number of nitrogens with zero attached hydrogens (tertiary/aromatic N) is 1. The van der Waals surface area contributed by atoms with Gasteiger partial charge in [-0.2, -0.15) is 0 Å². The van der Waals surface area contributed by atoms with E-state index in [1.807, 2.05) is 24.4 Å². The van der Waals surface area contributed by atoms with Crippen LogP contribution in [0.1, 0.15) is 30.5 Å². The number of hydrogen-bond donors (Lipinski definition) is 2. The number of rotatable bonds is 5. The van der Waals surface area contributed by atoms with Crippen LogP contribution in [0.15, 0.2) is 48.8 Å². The van der Waals surface area contributed by atoms with Crippen LogP contribution < -0.4 is 5.32 Å². The first-order valence-electron chi connectivity index (χ1n) is 6.21. The monoisotopic (exact) mass is 242 g/mol. The Morgan fingerprint density at radius 2 is 2.00 bits per heavy atom. The van der Waals surface area contributed by atoms with Gasteiger partial charge in [-0.25, -0.2) is 0 Å². The molecule has 0 saturated heterocycles. The molecule has 1 unspecified atom stereocenters. The van der Waals surface area contributed by atoms with E-state index in [0.29, 0.717) is 11.8 Å². The van der Waals surface area contributed by atoms with E-state index in [1.54, 1.807) is 18.3 Å². The Balaban J connectivity index is 1.99. The van der Waals surface area contributed by atoms with Crippen molar-refractivity contribution >= 4 is 0 Å². The number of pyridine rings is 1. The third-order valence-corrected chi connectivity index (χ3v) is 2.98. The minimum absolute atomic E-state index is 0.297. The van der Waals surface area contributed by atoms with Gasteiger partial charge < -0.3 is 10.4 Å². The van der Waals surface area contributed by atoms with Crippen LogP contribution in [0.2, 0.25) is 0 Å². The highest BCUT2D eigenvalue weighted by Crippen LogP contribution is 2.19. The summed E-state index contributed by atoms with van der Waals surface area (Å²) in [6.07, 6.45) is 4.66. The molecule has 0 bridgehead atoms. The molecule has 2 aromatic rings. The average molecular weight is 242 g/mol. The fourth-order valence-electron chi connectivity index (χ4n) is 1.95. The lowest BCUT2D eigenvalue weighted by atomic mass is 10.0. The summed E-state index contributed by atoms with van der Waals surface area (Å²) < 4.78 is 0. The fraction of sp³-hybridized carbons (Fsp3) is 0.267. The molecule has 2 N–H and O–H groups in total. The molecule has 94 valence electrons. The minimum Gasteiger partial charge on any atom is -0.508 e. The Labute approximate surface area is 108 Å². The molecule has 2 rings (SSSR count). The van der Waals surface area contributed by atoms with Crippen molar-refractivity contribution in [1.29, 1.82) is 0 Å². The zero-order valence-electron chi connectivity index (χ0n) is 10.5. The number of aromatic nitrogens is 1. The van der Waals surface area contributed by atoms with Crippen molar-refractivity contribution in [3.63, 3.8) is 0 Å². The third-order valence-electron chi connectivity index (χ3n) is 2.98. The van der Waals surface area contributed by atoms with Gasteiger partial charge in [-0.3, -0.25) is 4.98 Å². The van der Waals surface area contributed by atoms with Gasteiger partial charge in [0.05, 0.1) is 0 Å². The fourth-order valence-corrected chi connectivity index (χ4v) is 1.95. The van der Waals surface area contributed by atoms with E-state index in [0.717, 1.165) is 13.0 Å². The lowest BCUT2D eigenvalue weighted by Crippen LogP contribution is -2.20. The average Bonchev–Trinajstić information content (AvgIpc) is 2.42. The molecule has 0 radical (unpaired) electrons. The first-order chi connectivity index (χ1) is 8.79. The lowest BCUT2D eigenvalue weighted by molar-refractivity contribution is 0.473. The number of hydrogen-bond acceptors (Lipinski definition) is 3. The number of aromatic hydroxyl groups is 1. The van der Waals surface area contributed by atoms with Crippen LogP contribution >= 0.6 is 0 Å². The van der Waals surface area contributed by atoms with Gasteiger partial charge in [0.25, 0.3) is 0 Å². The van der Waals surface area contributed by atoms with E-state index in [1.165, 1.54) is 11.1 Å². The first-order valence-corrected chi connectivity index (χ1v) is 6.21. The summed E-state index contributed by atoms with van der Waals surface area (Å²) in [6, 6.07) is 11.7. The summed E-state index contributed by atoms with van der Waals surface area (Å²) in [6.45, 7) is 2.95. The van der Waals surface area contributed by atoms with Crippen LogP contribution in [0.3, 0.4) is 0 Å². The highest BCUT2D eigenvalue weighted by molar-refractivity contribution is 5.28. The number of benzene rings is 1. The topological polar surface area (TPSA) is 45.2 Å². The summed E-state index contributed by atoms with van der Waals surface area (Å²) in [5.74, 6) is 0.306. The predicted molar refractivity (Wildman–Crippen MR) is 72.2 cm³/mol. The van der Waals surface area contributed by atoms with Gasteiger partial charge in [0, 0.05) is 25.0 Å². The van der Waals surface area contributed by atoms with Crippen molar-refractivity contribution in [2.45, 2.75) is 25.9 Å². The van der Waals surface area contributed by atoms with Crippen molar-refractivity contribution in [2.24, 2.45) is 0 Å². The molecular formula is C15H18N2O. The van der Waals surface area contributed by atoms with Crippen LogP contribution in [0.4, 0.5) is 0 Å². The van der Waals surface area contributed by atoms with Gasteiger partial charge >= 0.3 is 0 Å². The van der Waals surface area contributed by atoms with Crippen molar-refractivity contribution in [2.75, 3.05) is 0 Å². The van der Waals surface area contributed by atoms with Gasteiger partial charge in [0.15, 0.2) is 0 Å². The molecule has 0 aliphatic heterocycles. The molecule has 1 atom stereocenters. The van der Waals surface area contributed by atoms with E-state index in [-0.39, 0.29) is 0 Å². The van der Waals surface area contributed by atoms with Crippen molar-refractivity contribution in [3.05, 3.63) is 59.9 Å². The number of phenolic OH excluding ortho intramolecular Hbond substituents is 1. The van der Waals surface area contributed by atoms with Gasteiger partial charge in [-0.15, -0.1) is 0 Å². The summed E-state index contributed by atoms with van der Waals surface area (Å²) in [7, 11) is 0. The lowest BCUT2D eigenvalue weighted by Gasteiger charge is -2.17. The number of nitrogens with one attached hydrogen (secondary N) is 1. The van der Waals surface area contributed by atoms with E-state index < -0.39 is 0 Å². The molecule has 3 heteroatoms. The highest BCUT2D eigenvalue weighted by atomic mass is 16.3. The molecular weight excluding hydrogens is 224 g/mol. The Morgan fingerprint density at radius 3 is 2.61 bits per heavy atom. The van der Waals surface area contributed by atoms with Crippen LogP contribution in [-0.2, 0) is 6.54 Å². The normalized spacial score (nSPS) is 12.3. The Kier molecular flexibility index (Phi) is 4.31. The van der Waals surface area contributed by atoms with Crippen LogP contribution in [0.5, 0.6) is 5.75 Å². The first kappa shape index (κ1) is 12.6.